The molecule has 2 aromatic rings. The van der Waals surface area contributed by atoms with E-state index in [0.717, 1.165) is 5.39 Å². The molecule has 1 unspecified atom stereocenters. The first-order valence-corrected chi connectivity index (χ1v) is 13.9. The molecule has 2 rings (SSSR count). The van der Waals surface area contributed by atoms with E-state index < -0.39 is 24.9 Å². The molecule has 0 bridgehead atoms. The minimum Gasteiger partial charge on any atom is -0.389 e. The lowest BCUT2D eigenvalue weighted by molar-refractivity contribution is 0.0354. The zero-order valence-electron chi connectivity index (χ0n) is 18.9. The number of benzene rings is 2. The number of sulfonamides is 1. The quantitative estimate of drug-likeness (QED) is 0.241. The Morgan fingerprint density at radius 1 is 1.00 bits per heavy atom. The predicted octanol–water partition coefficient (Wildman–Crippen LogP) is 1.35. The first-order chi connectivity index (χ1) is 15.4. The Kier molecular flexibility index (Phi) is 11.2. The van der Waals surface area contributed by atoms with Crippen molar-refractivity contribution in [2.75, 3.05) is 54.2 Å². The Bertz CT molecular complexity index is 912. The van der Waals surface area contributed by atoms with Crippen LogP contribution in [0.2, 0.25) is 6.04 Å². The van der Waals surface area contributed by atoms with Crippen LogP contribution in [0.1, 0.15) is 6.42 Å². The van der Waals surface area contributed by atoms with E-state index in [2.05, 4.69) is 10.0 Å². The Hall–Kier alpha value is -1.41. The number of rotatable bonds is 16. The molecule has 0 aliphatic heterocycles. The van der Waals surface area contributed by atoms with Gasteiger partial charge in [0.1, 0.15) is 0 Å². The molecule has 0 aliphatic carbocycles. The molecule has 0 fully saturated rings. The van der Waals surface area contributed by atoms with E-state index >= 15 is 0 Å². The maximum atomic E-state index is 12.6. The summed E-state index contributed by atoms with van der Waals surface area (Å²) in [5.74, 6) is 0. The van der Waals surface area contributed by atoms with Gasteiger partial charge in [0.15, 0.2) is 0 Å². The van der Waals surface area contributed by atoms with Crippen molar-refractivity contribution in [1.82, 2.24) is 10.0 Å². The molecular weight excluding hydrogens is 452 g/mol. The summed E-state index contributed by atoms with van der Waals surface area (Å²) in [6, 6.07) is 13.2. The fraction of sp³-hybridized carbons (Fsp3) is 0.524. The van der Waals surface area contributed by atoms with Crippen LogP contribution in [0.5, 0.6) is 0 Å². The third-order valence-electron chi connectivity index (χ3n) is 5.03. The van der Waals surface area contributed by atoms with Crippen LogP contribution in [0.3, 0.4) is 0 Å². The number of ether oxygens (including phenoxy) is 1. The molecule has 180 valence electrons. The third-order valence-corrected chi connectivity index (χ3v) is 9.38. The molecule has 3 N–H and O–H groups in total. The van der Waals surface area contributed by atoms with Gasteiger partial charge in [0, 0.05) is 59.0 Å². The molecule has 9 nitrogen and oxygen atoms in total. The smallest absolute Gasteiger partial charge is 0.389 e. The van der Waals surface area contributed by atoms with Crippen LogP contribution in [-0.2, 0) is 28.0 Å². The number of hydrogen-bond acceptors (Lipinski definition) is 8. The summed E-state index contributed by atoms with van der Waals surface area (Å²) in [6.07, 6.45) is -0.00312. The van der Waals surface area contributed by atoms with Gasteiger partial charge >= 0.3 is 8.80 Å². The van der Waals surface area contributed by atoms with Crippen LogP contribution < -0.4 is 10.0 Å². The van der Waals surface area contributed by atoms with Crippen molar-refractivity contribution in [1.29, 1.82) is 0 Å². The van der Waals surface area contributed by atoms with Crippen molar-refractivity contribution in [2.24, 2.45) is 0 Å². The first-order valence-electron chi connectivity index (χ1n) is 10.5. The van der Waals surface area contributed by atoms with Gasteiger partial charge in [0.25, 0.3) is 0 Å². The maximum absolute atomic E-state index is 12.6. The van der Waals surface area contributed by atoms with Gasteiger partial charge in [-0.1, -0.05) is 36.4 Å². The van der Waals surface area contributed by atoms with Gasteiger partial charge < -0.3 is 28.4 Å². The van der Waals surface area contributed by atoms with Crippen molar-refractivity contribution >= 4 is 29.6 Å². The summed E-state index contributed by atoms with van der Waals surface area (Å²) >= 11 is 0. The zero-order chi connectivity index (χ0) is 23.5. The van der Waals surface area contributed by atoms with E-state index in [0.29, 0.717) is 37.5 Å². The normalized spacial score (nSPS) is 13.5. The number of aliphatic hydroxyl groups is 1. The van der Waals surface area contributed by atoms with Crippen LogP contribution in [0.25, 0.3) is 10.8 Å². The second kappa shape index (κ2) is 13.3. The second-order valence-corrected chi connectivity index (χ2v) is 12.0. The summed E-state index contributed by atoms with van der Waals surface area (Å²) in [5, 5.41) is 14.6. The summed E-state index contributed by atoms with van der Waals surface area (Å²) < 4.78 is 49.4. The molecule has 0 saturated heterocycles. The summed E-state index contributed by atoms with van der Waals surface area (Å²) in [4.78, 5) is 0.256. The van der Waals surface area contributed by atoms with Crippen LogP contribution in [-0.4, -0.2) is 82.6 Å². The highest BCUT2D eigenvalue weighted by Crippen LogP contribution is 2.22. The monoisotopic (exact) mass is 486 g/mol. The van der Waals surface area contributed by atoms with Crippen LogP contribution in [0, 0.1) is 0 Å². The molecule has 2 aromatic carbocycles. The Morgan fingerprint density at radius 3 is 2.41 bits per heavy atom. The minimum atomic E-state index is -3.63. The van der Waals surface area contributed by atoms with Gasteiger partial charge in [-0.15, -0.1) is 0 Å². The molecule has 0 spiro atoms. The van der Waals surface area contributed by atoms with E-state index in [1.54, 1.807) is 39.5 Å². The molecule has 0 aromatic heterocycles. The van der Waals surface area contributed by atoms with Crippen molar-refractivity contribution in [3.8, 4) is 0 Å². The lowest BCUT2D eigenvalue weighted by Gasteiger charge is -2.24. The summed E-state index contributed by atoms with van der Waals surface area (Å²) in [7, 11) is -1.52. The number of hydrogen-bond donors (Lipinski definition) is 3. The van der Waals surface area contributed by atoms with Crippen molar-refractivity contribution in [3.05, 3.63) is 42.5 Å². The highest BCUT2D eigenvalue weighted by molar-refractivity contribution is 7.89. The van der Waals surface area contributed by atoms with E-state index in [1.165, 1.54) is 0 Å². The Morgan fingerprint density at radius 2 is 1.69 bits per heavy atom. The van der Waals surface area contributed by atoms with E-state index in [4.69, 9.17) is 18.0 Å². The van der Waals surface area contributed by atoms with Crippen molar-refractivity contribution in [3.63, 3.8) is 0 Å². The highest BCUT2D eigenvalue weighted by Gasteiger charge is 2.36. The molecule has 0 aliphatic rings. The largest absolute Gasteiger partial charge is 0.500 e. The van der Waals surface area contributed by atoms with Gasteiger partial charge in [-0.2, -0.15) is 0 Å². The van der Waals surface area contributed by atoms with Gasteiger partial charge in [0.2, 0.25) is 10.0 Å². The number of nitrogens with one attached hydrogen (secondary N) is 2. The second-order valence-electron chi connectivity index (χ2n) is 7.21. The lowest BCUT2D eigenvalue weighted by atomic mass is 10.1. The molecule has 32 heavy (non-hydrogen) atoms. The van der Waals surface area contributed by atoms with Crippen LogP contribution >= 0.6 is 0 Å². The predicted molar refractivity (Wildman–Crippen MR) is 125 cm³/mol. The van der Waals surface area contributed by atoms with E-state index in [1.807, 2.05) is 24.3 Å². The lowest BCUT2D eigenvalue weighted by Crippen LogP contribution is -2.42. The highest BCUT2D eigenvalue weighted by atomic mass is 32.2. The van der Waals surface area contributed by atoms with E-state index in [9.17, 15) is 13.5 Å². The zero-order valence-corrected chi connectivity index (χ0v) is 20.7. The van der Waals surface area contributed by atoms with Crippen molar-refractivity contribution < 1.29 is 31.5 Å². The number of fused-ring (bicyclic) bond motifs is 1. The molecular formula is C21H34N2O7SSi. The minimum absolute atomic E-state index is 0.177. The Labute approximate surface area is 191 Å². The first kappa shape index (κ1) is 26.8. The summed E-state index contributed by atoms with van der Waals surface area (Å²) in [6.45, 7) is 1.51. The fourth-order valence-electron chi connectivity index (χ4n) is 3.28. The van der Waals surface area contributed by atoms with Gasteiger partial charge in [-0.05, 0) is 17.9 Å². The summed E-state index contributed by atoms with van der Waals surface area (Å²) in [5.41, 5.74) is 0. The number of aliphatic hydroxyl groups excluding tert-OH is 1. The van der Waals surface area contributed by atoms with Gasteiger partial charge in [0.05, 0.1) is 17.6 Å². The maximum Gasteiger partial charge on any atom is 0.500 e. The van der Waals surface area contributed by atoms with Crippen LogP contribution in [0.4, 0.5) is 0 Å². The average Bonchev–Trinajstić information content (AvgIpc) is 2.81. The molecule has 1 atom stereocenters. The van der Waals surface area contributed by atoms with Crippen LogP contribution in [0.15, 0.2) is 47.4 Å². The molecule has 11 heteroatoms. The van der Waals surface area contributed by atoms with Crippen molar-refractivity contribution in [2.45, 2.75) is 23.5 Å². The Balaban J connectivity index is 1.64. The SMILES string of the molecule is CO[Si](CCCOCC(O)CNCCNS(=O)(=O)c1cccc2ccccc12)(OC)OC. The standard InChI is InChI=1S/C21H34N2O7SSi/c1-27-32(28-2,29-3)15-7-14-30-17-19(24)16-22-12-13-23-31(25,26)21-11-6-9-18-8-4-5-10-20(18)21/h4-6,8-11,19,22-24H,7,12-17H2,1-3H3. The fourth-order valence-corrected chi connectivity index (χ4v) is 6.22. The topological polar surface area (TPSA) is 115 Å². The molecule has 0 heterocycles. The molecule has 0 amide bonds. The third kappa shape index (κ3) is 7.87. The molecule has 0 radical (unpaired) electrons. The van der Waals surface area contributed by atoms with Gasteiger partial charge in [-0.3, -0.25) is 0 Å². The van der Waals surface area contributed by atoms with Gasteiger partial charge in [-0.25, -0.2) is 13.1 Å². The average molecular weight is 487 g/mol. The van der Waals surface area contributed by atoms with E-state index in [-0.39, 0.29) is 18.0 Å². The molecule has 0 saturated carbocycles.